The highest BCUT2D eigenvalue weighted by Crippen LogP contribution is 2.44. The third-order valence-electron chi connectivity index (χ3n) is 7.42. The van der Waals surface area contributed by atoms with Gasteiger partial charge >= 0.3 is 6.09 Å². The topological polar surface area (TPSA) is 83.9 Å². The van der Waals surface area contributed by atoms with Gasteiger partial charge in [-0.25, -0.2) is 9.78 Å². The van der Waals surface area contributed by atoms with Crippen LogP contribution in [0.25, 0.3) is 11.1 Å². The van der Waals surface area contributed by atoms with Crippen LogP contribution in [0.4, 0.5) is 10.6 Å². The first-order valence-corrected chi connectivity index (χ1v) is 14.3. The molecule has 1 aromatic heterocycles. The van der Waals surface area contributed by atoms with Gasteiger partial charge in [0.1, 0.15) is 12.4 Å². The number of benzene rings is 3. The number of aliphatic hydroxyl groups excluding tert-OH is 1. The van der Waals surface area contributed by atoms with E-state index in [1.807, 2.05) is 54.6 Å². The van der Waals surface area contributed by atoms with Crippen molar-refractivity contribution in [3.05, 3.63) is 107 Å². The van der Waals surface area contributed by atoms with Crippen LogP contribution in [0, 0.1) is 0 Å². The van der Waals surface area contributed by atoms with Gasteiger partial charge in [-0.15, -0.1) is 0 Å². The fourth-order valence-corrected chi connectivity index (χ4v) is 6.50. The van der Waals surface area contributed by atoms with Crippen molar-refractivity contribution in [3.63, 3.8) is 0 Å². The van der Waals surface area contributed by atoms with Crippen molar-refractivity contribution in [1.82, 2.24) is 10.3 Å². The molecule has 2 heterocycles. The van der Waals surface area contributed by atoms with E-state index in [0.29, 0.717) is 13.2 Å². The Kier molecular flexibility index (Phi) is 7.99. The van der Waals surface area contributed by atoms with Crippen molar-refractivity contribution in [3.8, 4) is 11.1 Å². The number of ether oxygens (including phenoxy) is 2. The molecule has 204 valence electrons. The van der Waals surface area contributed by atoms with Gasteiger partial charge in [0.15, 0.2) is 0 Å². The largest absolute Gasteiger partial charge is 0.449 e. The Morgan fingerprint density at radius 1 is 0.950 bits per heavy atom. The van der Waals surface area contributed by atoms with Crippen molar-refractivity contribution >= 4 is 23.7 Å². The minimum atomic E-state index is -0.467. The Morgan fingerprint density at radius 3 is 2.35 bits per heavy atom. The van der Waals surface area contributed by atoms with Gasteiger partial charge in [0, 0.05) is 40.6 Å². The van der Waals surface area contributed by atoms with E-state index in [-0.39, 0.29) is 25.7 Å². The molecule has 0 spiro atoms. The average Bonchev–Trinajstić information content (AvgIpc) is 3.33. The van der Waals surface area contributed by atoms with E-state index in [4.69, 9.17) is 14.5 Å². The van der Waals surface area contributed by atoms with Crippen molar-refractivity contribution in [2.24, 2.45) is 0 Å². The molecule has 2 N–H and O–H groups in total. The number of amides is 1. The number of nitrogens with one attached hydrogen (secondary N) is 1. The maximum Gasteiger partial charge on any atom is 0.407 e. The lowest BCUT2D eigenvalue weighted by atomic mass is 9.98. The SMILES string of the molecule is O=C(NCc1c(Sc2ccccc2CO)ccnc1N1CCOCC1)OCC1c2ccccc2-c2ccccc21. The summed E-state index contributed by atoms with van der Waals surface area (Å²) >= 11 is 1.56. The number of hydrogen-bond donors (Lipinski definition) is 2. The number of aromatic nitrogens is 1. The van der Waals surface area contributed by atoms with Gasteiger partial charge in [-0.3, -0.25) is 0 Å². The summed E-state index contributed by atoms with van der Waals surface area (Å²) < 4.78 is 11.4. The Bertz CT molecular complexity index is 1460. The number of carbonyl (C=O) groups excluding carboxylic acids is 1. The van der Waals surface area contributed by atoms with Gasteiger partial charge in [-0.1, -0.05) is 78.5 Å². The van der Waals surface area contributed by atoms with Gasteiger partial charge in [0.05, 0.1) is 26.4 Å². The third kappa shape index (κ3) is 5.43. The van der Waals surface area contributed by atoms with E-state index in [9.17, 15) is 9.90 Å². The number of rotatable bonds is 8. The number of hydrogen-bond acceptors (Lipinski definition) is 7. The van der Waals surface area contributed by atoms with Crippen molar-refractivity contribution in [1.29, 1.82) is 0 Å². The molecular weight excluding hydrogens is 522 g/mol. The van der Waals surface area contributed by atoms with Crippen LogP contribution in [0.15, 0.2) is 94.9 Å². The Morgan fingerprint density at radius 2 is 1.62 bits per heavy atom. The van der Waals surface area contributed by atoms with Crippen LogP contribution in [0.1, 0.15) is 28.2 Å². The van der Waals surface area contributed by atoms with Crippen LogP contribution in [-0.2, 0) is 22.6 Å². The van der Waals surface area contributed by atoms with Crippen LogP contribution >= 0.6 is 11.8 Å². The second-order valence-corrected chi connectivity index (χ2v) is 10.8. The summed E-state index contributed by atoms with van der Waals surface area (Å²) in [6.45, 7) is 3.20. The van der Waals surface area contributed by atoms with Crippen LogP contribution in [0.2, 0.25) is 0 Å². The molecule has 2 aliphatic rings. The van der Waals surface area contributed by atoms with Crippen LogP contribution in [0.3, 0.4) is 0 Å². The lowest BCUT2D eigenvalue weighted by Gasteiger charge is -2.30. The molecule has 8 heteroatoms. The van der Waals surface area contributed by atoms with E-state index < -0.39 is 6.09 Å². The quantitative estimate of drug-likeness (QED) is 0.294. The highest BCUT2D eigenvalue weighted by molar-refractivity contribution is 7.99. The van der Waals surface area contributed by atoms with Gasteiger partial charge in [0.25, 0.3) is 0 Å². The molecule has 1 aliphatic carbocycles. The van der Waals surface area contributed by atoms with Crippen molar-refractivity contribution < 1.29 is 19.4 Å². The van der Waals surface area contributed by atoms with E-state index in [1.54, 1.807) is 18.0 Å². The van der Waals surface area contributed by atoms with E-state index in [1.165, 1.54) is 22.3 Å². The van der Waals surface area contributed by atoms with Gasteiger partial charge in [-0.2, -0.15) is 0 Å². The molecule has 6 rings (SSSR count). The molecular formula is C32H31N3O4S. The maximum atomic E-state index is 13.0. The lowest BCUT2D eigenvalue weighted by molar-refractivity contribution is 0.122. The molecule has 0 unspecified atom stereocenters. The second-order valence-electron chi connectivity index (χ2n) is 9.76. The minimum absolute atomic E-state index is 0.00144. The zero-order chi connectivity index (χ0) is 27.3. The summed E-state index contributed by atoms with van der Waals surface area (Å²) in [6.07, 6.45) is 1.33. The van der Waals surface area contributed by atoms with E-state index >= 15 is 0 Å². The maximum absolute atomic E-state index is 13.0. The first kappa shape index (κ1) is 26.4. The highest BCUT2D eigenvalue weighted by atomic mass is 32.2. The summed E-state index contributed by atoms with van der Waals surface area (Å²) in [5.41, 5.74) is 6.52. The predicted molar refractivity (Wildman–Crippen MR) is 156 cm³/mol. The number of aliphatic hydroxyl groups is 1. The fraction of sp³-hybridized carbons (Fsp3) is 0.250. The number of alkyl carbamates (subject to hydrolysis) is 1. The van der Waals surface area contributed by atoms with Crippen molar-refractivity contribution in [2.45, 2.75) is 28.9 Å². The van der Waals surface area contributed by atoms with Crippen LogP contribution in [-0.4, -0.2) is 49.1 Å². The first-order valence-electron chi connectivity index (χ1n) is 13.5. The zero-order valence-corrected chi connectivity index (χ0v) is 22.9. The monoisotopic (exact) mass is 553 g/mol. The average molecular weight is 554 g/mol. The zero-order valence-electron chi connectivity index (χ0n) is 22.1. The number of nitrogens with zero attached hydrogens (tertiary/aromatic N) is 2. The Balaban J connectivity index is 1.20. The number of fused-ring (bicyclic) bond motifs is 3. The van der Waals surface area contributed by atoms with Gasteiger partial charge in [0.2, 0.25) is 0 Å². The molecule has 1 amide bonds. The molecule has 4 aromatic rings. The molecule has 0 bridgehead atoms. The Labute approximate surface area is 238 Å². The molecule has 0 saturated carbocycles. The number of carbonyl (C=O) groups is 1. The van der Waals surface area contributed by atoms with Crippen LogP contribution < -0.4 is 10.2 Å². The second kappa shape index (κ2) is 12.1. The molecule has 7 nitrogen and oxygen atoms in total. The molecule has 3 aromatic carbocycles. The highest BCUT2D eigenvalue weighted by Gasteiger charge is 2.29. The van der Waals surface area contributed by atoms with Gasteiger partial charge in [-0.05, 0) is 39.9 Å². The van der Waals surface area contributed by atoms with E-state index in [2.05, 4.69) is 34.5 Å². The summed E-state index contributed by atoms with van der Waals surface area (Å²) in [5.74, 6) is 0.829. The summed E-state index contributed by atoms with van der Waals surface area (Å²) in [6, 6.07) is 26.4. The molecule has 1 fully saturated rings. The molecule has 0 atom stereocenters. The van der Waals surface area contributed by atoms with Gasteiger partial charge < -0.3 is 24.8 Å². The molecule has 40 heavy (non-hydrogen) atoms. The molecule has 0 radical (unpaired) electrons. The number of morpholine rings is 1. The molecule has 1 aliphatic heterocycles. The predicted octanol–water partition coefficient (Wildman–Crippen LogP) is 5.60. The Hall–Kier alpha value is -3.85. The first-order chi connectivity index (χ1) is 19.7. The minimum Gasteiger partial charge on any atom is -0.449 e. The summed E-state index contributed by atoms with van der Waals surface area (Å²) in [5, 5.41) is 12.8. The lowest BCUT2D eigenvalue weighted by Crippen LogP contribution is -2.38. The summed E-state index contributed by atoms with van der Waals surface area (Å²) in [7, 11) is 0. The number of pyridine rings is 1. The van der Waals surface area contributed by atoms with Crippen molar-refractivity contribution in [2.75, 3.05) is 37.8 Å². The van der Waals surface area contributed by atoms with Crippen LogP contribution in [0.5, 0.6) is 0 Å². The number of anilines is 1. The van der Waals surface area contributed by atoms with E-state index in [0.717, 1.165) is 39.8 Å². The fourth-order valence-electron chi connectivity index (χ4n) is 5.44. The summed E-state index contributed by atoms with van der Waals surface area (Å²) in [4.78, 5) is 21.9. The standard InChI is InChI=1S/C32H31N3O4S/c36-20-22-7-1-6-12-29(22)40-30-13-14-33-31(35-15-17-38-18-16-35)27(30)19-34-32(37)39-21-28-25-10-4-2-8-23(25)24-9-3-5-11-26(24)28/h1-14,28,36H,15-21H2,(H,34,37). The smallest absolute Gasteiger partial charge is 0.407 e. The molecule has 1 saturated heterocycles. The third-order valence-corrected chi connectivity index (χ3v) is 8.64. The normalized spacial score (nSPS) is 14.5.